The van der Waals surface area contributed by atoms with Crippen LogP contribution >= 0.6 is 11.8 Å². The molecule has 0 aromatic carbocycles. The predicted octanol–water partition coefficient (Wildman–Crippen LogP) is 1.14. The molecule has 1 aromatic heterocycles. The van der Waals surface area contributed by atoms with E-state index in [2.05, 4.69) is 15.6 Å². The van der Waals surface area contributed by atoms with Gasteiger partial charge in [0.25, 0.3) is 0 Å². The zero-order valence-corrected chi connectivity index (χ0v) is 8.81. The number of aromatic nitrogens is 1. The van der Waals surface area contributed by atoms with Crippen molar-refractivity contribution in [2.45, 2.75) is 4.90 Å². The Morgan fingerprint density at radius 3 is 2.86 bits per heavy atom. The van der Waals surface area contributed by atoms with Gasteiger partial charge < -0.3 is 11.1 Å². The molecule has 4 N–H and O–H groups in total. The molecular weight excluding hydrogens is 200 g/mol. The van der Waals surface area contributed by atoms with Crippen LogP contribution in [0.25, 0.3) is 0 Å². The van der Waals surface area contributed by atoms with Gasteiger partial charge in [0.15, 0.2) is 0 Å². The lowest BCUT2D eigenvalue weighted by Gasteiger charge is -2.05. The standard InChI is InChI=1S/C8H12N4OS/c1-10-8(13)12-7-4-5(14-2)3-6(9)11-7/h3-4H,1-2H3,(H4,9,10,11,12,13). The first kappa shape index (κ1) is 10.6. The third-order valence-corrected chi connectivity index (χ3v) is 2.23. The fraction of sp³-hybridized carbons (Fsp3) is 0.250. The number of pyridine rings is 1. The first-order chi connectivity index (χ1) is 6.65. The molecule has 0 bridgehead atoms. The molecule has 0 aliphatic rings. The van der Waals surface area contributed by atoms with Crippen LogP contribution < -0.4 is 16.4 Å². The highest BCUT2D eigenvalue weighted by atomic mass is 32.2. The van der Waals surface area contributed by atoms with Gasteiger partial charge in [-0.25, -0.2) is 9.78 Å². The number of urea groups is 1. The maximum absolute atomic E-state index is 11.0. The lowest BCUT2D eigenvalue weighted by molar-refractivity contribution is 0.254. The summed E-state index contributed by atoms with van der Waals surface area (Å²) in [6.07, 6.45) is 1.93. The van der Waals surface area contributed by atoms with Crippen LogP contribution in [0.1, 0.15) is 0 Å². The van der Waals surface area contributed by atoms with E-state index in [0.717, 1.165) is 4.90 Å². The van der Waals surface area contributed by atoms with Crippen LogP contribution in [-0.4, -0.2) is 24.3 Å². The summed E-state index contributed by atoms with van der Waals surface area (Å²) in [5.41, 5.74) is 5.56. The molecule has 1 heterocycles. The molecule has 5 nitrogen and oxygen atoms in total. The van der Waals surface area contributed by atoms with E-state index in [4.69, 9.17) is 5.73 Å². The highest BCUT2D eigenvalue weighted by Gasteiger charge is 2.02. The number of rotatable bonds is 2. The maximum Gasteiger partial charge on any atom is 0.320 e. The Bertz CT molecular complexity index is 342. The molecule has 0 spiro atoms. The van der Waals surface area contributed by atoms with E-state index < -0.39 is 0 Å². The highest BCUT2D eigenvalue weighted by molar-refractivity contribution is 7.98. The zero-order valence-electron chi connectivity index (χ0n) is 8.00. The molecule has 0 aliphatic carbocycles. The monoisotopic (exact) mass is 212 g/mol. The third-order valence-electron chi connectivity index (χ3n) is 1.52. The number of thioether (sulfide) groups is 1. The number of hydrogen-bond acceptors (Lipinski definition) is 4. The van der Waals surface area contributed by atoms with Crippen molar-refractivity contribution < 1.29 is 4.79 Å². The maximum atomic E-state index is 11.0. The Hall–Kier alpha value is -1.43. The van der Waals surface area contributed by atoms with E-state index in [-0.39, 0.29) is 6.03 Å². The van der Waals surface area contributed by atoms with Gasteiger partial charge in [-0.05, 0) is 18.4 Å². The smallest absolute Gasteiger partial charge is 0.320 e. The number of amides is 2. The van der Waals surface area contributed by atoms with Crippen molar-refractivity contribution in [3.05, 3.63) is 12.1 Å². The van der Waals surface area contributed by atoms with E-state index >= 15 is 0 Å². The Balaban J connectivity index is 2.86. The molecule has 0 unspecified atom stereocenters. The number of nitrogens with zero attached hydrogens (tertiary/aromatic N) is 1. The molecule has 76 valence electrons. The van der Waals surface area contributed by atoms with Crippen molar-refractivity contribution in [1.82, 2.24) is 10.3 Å². The molecule has 0 saturated carbocycles. The molecule has 0 radical (unpaired) electrons. The SMILES string of the molecule is CNC(=O)Nc1cc(SC)cc(N)n1. The Labute approximate surface area is 86.5 Å². The minimum absolute atomic E-state index is 0.310. The lowest BCUT2D eigenvalue weighted by atomic mass is 10.4. The van der Waals surface area contributed by atoms with Crippen molar-refractivity contribution >= 4 is 29.4 Å². The summed E-state index contributed by atoms with van der Waals surface area (Å²) in [6.45, 7) is 0. The molecular formula is C8H12N4OS. The Morgan fingerprint density at radius 1 is 1.57 bits per heavy atom. The number of anilines is 2. The first-order valence-corrected chi connectivity index (χ1v) is 5.18. The van der Waals surface area contributed by atoms with Gasteiger partial charge in [-0.2, -0.15) is 0 Å². The molecule has 6 heteroatoms. The van der Waals surface area contributed by atoms with Crippen molar-refractivity contribution in [2.75, 3.05) is 24.4 Å². The number of hydrogen-bond donors (Lipinski definition) is 3. The van der Waals surface area contributed by atoms with Gasteiger partial charge in [0.2, 0.25) is 0 Å². The molecule has 0 aliphatic heterocycles. The van der Waals surface area contributed by atoms with E-state index in [9.17, 15) is 4.79 Å². The molecule has 2 amide bonds. The van der Waals surface area contributed by atoms with E-state index in [1.54, 1.807) is 23.9 Å². The summed E-state index contributed by atoms with van der Waals surface area (Å²) in [5.74, 6) is 0.844. The molecule has 0 atom stereocenters. The second-order valence-electron chi connectivity index (χ2n) is 2.52. The number of nitrogen functional groups attached to an aromatic ring is 1. The van der Waals surface area contributed by atoms with E-state index in [1.807, 2.05) is 6.26 Å². The zero-order chi connectivity index (χ0) is 10.6. The molecule has 0 saturated heterocycles. The summed E-state index contributed by atoms with van der Waals surface area (Å²) in [6, 6.07) is 3.20. The van der Waals surface area contributed by atoms with Crippen LogP contribution in [0.15, 0.2) is 17.0 Å². The van der Waals surface area contributed by atoms with Crippen molar-refractivity contribution in [2.24, 2.45) is 0 Å². The van der Waals surface area contributed by atoms with Gasteiger partial charge in [-0.15, -0.1) is 11.8 Å². The van der Waals surface area contributed by atoms with Crippen molar-refractivity contribution in [1.29, 1.82) is 0 Å². The fourth-order valence-electron chi connectivity index (χ4n) is 0.887. The Kier molecular flexibility index (Phi) is 3.58. The van der Waals surface area contributed by atoms with Crippen LogP contribution in [-0.2, 0) is 0 Å². The molecule has 1 rings (SSSR count). The molecule has 1 aromatic rings. The molecule has 14 heavy (non-hydrogen) atoms. The summed E-state index contributed by atoms with van der Waals surface area (Å²) in [5, 5.41) is 4.99. The van der Waals surface area contributed by atoms with Crippen molar-refractivity contribution in [3.63, 3.8) is 0 Å². The molecule has 0 fully saturated rings. The van der Waals surface area contributed by atoms with Crippen molar-refractivity contribution in [3.8, 4) is 0 Å². The number of nitrogens with one attached hydrogen (secondary N) is 2. The minimum atomic E-state index is -0.310. The first-order valence-electron chi connectivity index (χ1n) is 3.96. The van der Waals surface area contributed by atoms with Gasteiger partial charge >= 0.3 is 6.03 Å². The number of carbonyl (C=O) groups is 1. The van der Waals surface area contributed by atoms with Crippen LogP contribution in [0.2, 0.25) is 0 Å². The summed E-state index contributed by atoms with van der Waals surface area (Å²) in [7, 11) is 1.54. The van der Waals surface area contributed by atoms with Crippen LogP contribution in [0.4, 0.5) is 16.4 Å². The van der Waals surface area contributed by atoms with Gasteiger partial charge in [-0.1, -0.05) is 0 Å². The quantitative estimate of drug-likeness (QED) is 0.642. The second-order valence-corrected chi connectivity index (χ2v) is 3.40. The predicted molar refractivity (Wildman–Crippen MR) is 58.5 cm³/mol. The third kappa shape index (κ3) is 2.81. The Morgan fingerprint density at radius 2 is 2.29 bits per heavy atom. The topological polar surface area (TPSA) is 80.0 Å². The van der Waals surface area contributed by atoms with E-state index in [0.29, 0.717) is 11.6 Å². The summed E-state index contributed by atoms with van der Waals surface area (Å²) < 4.78 is 0. The van der Waals surface area contributed by atoms with Crippen LogP contribution in [0.3, 0.4) is 0 Å². The summed E-state index contributed by atoms with van der Waals surface area (Å²) >= 11 is 1.54. The van der Waals surface area contributed by atoms with Gasteiger partial charge in [0, 0.05) is 11.9 Å². The number of carbonyl (C=O) groups excluding carboxylic acids is 1. The van der Waals surface area contributed by atoms with Crippen LogP contribution in [0.5, 0.6) is 0 Å². The second kappa shape index (κ2) is 4.71. The number of nitrogens with two attached hydrogens (primary N) is 1. The largest absolute Gasteiger partial charge is 0.384 e. The van der Waals surface area contributed by atoms with Gasteiger partial charge in [0.1, 0.15) is 11.6 Å². The van der Waals surface area contributed by atoms with Gasteiger partial charge in [-0.3, -0.25) is 5.32 Å². The fourth-order valence-corrected chi connectivity index (χ4v) is 1.35. The average Bonchev–Trinajstić information content (AvgIpc) is 2.16. The lowest BCUT2D eigenvalue weighted by Crippen LogP contribution is -2.25. The highest BCUT2D eigenvalue weighted by Crippen LogP contribution is 2.20. The van der Waals surface area contributed by atoms with Gasteiger partial charge in [0.05, 0.1) is 0 Å². The van der Waals surface area contributed by atoms with Crippen LogP contribution in [0, 0.1) is 0 Å². The normalized spacial score (nSPS) is 9.57. The van der Waals surface area contributed by atoms with E-state index in [1.165, 1.54) is 7.05 Å². The average molecular weight is 212 g/mol. The minimum Gasteiger partial charge on any atom is -0.384 e. The summed E-state index contributed by atoms with van der Waals surface area (Å²) in [4.78, 5) is 15.9.